The number of aliphatic hydroxyl groups is 1. The summed E-state index contributed by atoms with van der Waals surface area (Å²) >= 11 is 1.20. The molecule has 78 valence electrons. The molecule has 0 saturated carbocycles. The van der Waals surface area contributed by atoms with Crippen LogP contribution in [0.25, 0.3) is 0 Å². The number of aliphatic hydroxyl groups excluding tert-OH is 1. The standard InChI is InChI=1S/C9H11FO3S/c1-2-13-9(12)7(10)8(11)6-4-3-5-14-6/h3-5,7-8,11H,2H2,1H3. The Kier molecular flexibility index (Phi) is 4.03. The fraction of sp³-hybridized carbons (Fsp3) is 0.444. The van der Waals surface area contributed by atoms with Crippen molar-refractivity contribution in [2.75, 3.05) is 6.61 Å². The zero-order valence-corrected chi connectivity index (χ0v) is 8.46. The molecule has 0 spiro atoms. The van der Waals surface area contributed by atoms with Crippen LogP contribution in [-0.2, 0) is 9.53 Å². The van der Waals surface area contributed by atoms with Gasteiger partial charge in [0.1, 0.15) is 6.10 Å². The summed E-state index contributed by atoms with van der Waals surface area (Å²) in [6, 6.07) is 3.25. The Hall–Kier alpha value is -0.940. The number of rotatable bonds is 4. The topological polar surface area (TPSA) is 46.5 Å². The van der Waals surface area contributed by atoms with Crippen LogP contribution in [0.3, 0.4) is 0 Å². The van der Waals surface area contributed by atoms with Crippen LogP contribution in [0.15, 0.2) is 17.5 Å². The highest BCUT2D eigenvalue weighted by molar-refractivity contribution is 7.10. The lowest BCUT2D eigenvalue weighted by molar-refractivity contribution is -0.153. The van der Waals surface area contributed by atoms with E-state index >= 15 is 0 Å². The van der Waals surface area contributed by atoms with Crippen LogP contribution in [0.1, 0.15) is 17.9 Å². The number of alkyl halides is 1. The number of hydrogen-bond donors (Lipinski definition) is 1. The molecule has 1 rings (SSSR count). The van der Waals surface area contributed by atoms with E-state index in [4.69, 9.17) is 0 Å². The molecular formula is C9H11FO3S. The van der Waals surface area contributed by atoms with Gasteiger partial charge in [-0.15, -0.1) is 11.3 Å². The van der Waals surface area contributed by atoms with Crippen molar-refractivity contribution >= 4 is 17.3 Å². The van der Waals surface area contributed by atoms with E-state index in [0.29, 0.717) is 4.88 Å². The van der Waals surface area contributed by atoms with E-state index < -0.39 is 18.2 Å². The summed E-state index contributed by atoms with van der Waals surface area (Å²) in [6.07, 6.45) is -3.43. The first kappa shape index (κ1) is 11.1. The molecule has 1 aromatic rings. The van der Waals surface area contributed by atoms with Gasteiger partial charge < -0.3 is 9.84 Å². The minimum atomic E-state index is -2.01. The van der Waals surface area contributed by atoms with Crippen LogP contribution in [0.4, 0.5) is 4.39 Å². The van der Waals surface area contributed by atoms with Gasteiger partial charge in [-0.05, 0) is 18.4 Å². The predicted octanol–water partition coefficient (Wildman–Crippen LogP) is 1.68. The maximum Gasteiger partial charge on any atom is 0.343 e. The minimum Gasteiger partial charge on any atom is -0.464 e. The number of esters is 1. The SMILES string of the molecule is CCOC(=O)C(F)C(O)c1cccs1. The van der Waals surface area contributed by atoms with E-state index in [1.165, 1.54) is 11.3 Å². The number of hydrogen-bond acceptors (Lipinski definition) is 4. The Balaban J connectivity index is 2.61. The van der Waals surface area contributed by atoms with Crippen LogP contribution >= 0.6 is 11.3 Å². The van der Waals surface area contributed by atoms with Gasteiger partial charge in [0, 0.05) is 4.88 Å². The molecule has 0 aliphatic rings. The van der Waals surface area contributed by atoms with E-state index in [1.54, 1.807) is 24.4 Å². The quantitative estimate of drug-likeness (QED) is 0.782. The van der Waals surface area contributed by atoms with Gasteiger partial charge in [-0.3, -0.25) is 0 Å². The Labute approximate surface area is 85.1 Å². The van der Waals surface area contributed by atoms with Crippen molar-refractivity contribution in [3.05, 3.63) is 22.4 Å². The highest BCUT2D eigenvalue weighted by Gasteiger charge is 2.29. The molecular weight excluding hydrogens is 207 g/mol. The van der Waals surface area contributed by atoms with Gasteiger partial charge in [-0.25, -0.2) is 9.18 Å². The highest BCUT2D eigenvalue weighted by Crippen LogP contribution is 2.24. The van der Waals surface area contributed by atoms with E-state index in [-0.39, 0.29) is 6.61 Å². The molecule has 2 atom stereocenters. The van der Waals surface area contributed by atoms with Crippen molar-refractivity contribution in [2.45, 2.75) is 19.2 Å². The van der Waals surface area contributed by atoms with Gasteiger partial charge in [-0.1, -0.05) is 6.07 Å². The molecule has 1 heterocycles. The second-order valence-electron chi connectivity index (χ2n) is 2.61. The molecule has 3 nitrogen and oxygen atoms in total. The molecule has 0 aliphatic heterocycles. The molecule has 0 aliphatic carbocycles. The van der Waals surface area contributed by atoms with Crippen LogP contribution in [-0.4, -0.2) is 23.9 Å². The Bertz CT molecular complexity index is 286. The summed E-state index contributed by atoms with van der Waals surface area (Å²) in [4.78, 5) is 11.3. The molecule has 0 aromatic carbocycles. The maximum atomic E-state index is 13.2. The summed E-state index contributed by atoms with van der Waals surface area (Å²) in [5.41, 5.74) is 0. The van der Waals surface area contributed by atoms with Gasteiger partial charge in [0.05, 0.1) is 6.61 Å². The average molecular weight is 218 g/mol. The van der Waals surface area contributed by atoms with Crippen LogP contribution in [0, 0.1) is 0 Å². The Morgan fingerprint density at radius 3 is 3.00 bits per heavy atom. The fourth-order valence-corrected chi connectivity index (χ4v) is 1.68. The highest BCUT2D eigenvalue weighted by atomic mass is 32.1. The minimum absolute atomic E-state index is 0.108. The van der Waals surface area contributed by atoms with Gasteiger partial charge in [0.25, 0.3) is 0 Å². The number of thiophene rings is 1. The van der Waals surface area contributed by atoms with Crippen molar-refractivity contribution in [2.24, 2.45) is 0 Å². The third-order valence-corrected chi connectivity index (χ3v) is 2.57. The van der Waals surface area contributed by atoms with Gasteiger partial charge in [-0.2, -0.15) is 0 Å². The molecule has 1 N–H and O–H groups in total. The molecule has 0 radical (unpaired) electrons. The molecule has 0 fully saturated rings. The van der Waals surface area contributed by atoms with Crippen molar-refractivity contribution in [3.63, 3.8) is 0 Å². The van der Waals surface area contributed by atoms with Crippen molar-refractivity contribution in [1.82, 2.24) is 0 Å². The first-order chi connectivity index (χ1) is 6.66. The van der Waals surface area contributed by atoms with E-state index in [1.807, 2.05) is 0 Å². The molecule has 1 aromatic heterocycles. The summed E-state index contributed by atoms with van der Waals surface area (Å²) in [7, 11) is 0. The Morgan fingerprint density at radius 1 is 1.79 bits per heavy atom. The van der Waals surface area contributed by atoms with E-state index in [0.717, 1.165) is 0 Å². The molecule has 0 bridgehead atoms. The summed E-state index contributed by atoms with van der Waals surface area (Å²) in [5.74, 6) is -1.02. The average Bonchev–Trinajstić information content (AvgIpc) is 2.68. The number of carbonyl (C=O) groups is 1. The lowest BCUT2D eigenvalue weighted by Gasteiger charge is -2.12. The second-order valence-corrected chi connectivity index (χ2v) is 3.59. The first-order valence-corrected chi connectivity index (χ1v) is 5.07. The number of halogens is 1. The van der Waals surface area contributed by atoms with Crippen LogP contribution in [0.2, 0.25) is 0 Å². The van der Waals surface area contributed by atoms with Crippen molar-refractivity contribution < 1.29 is 19.0 Å². The van der Waals surface area contributed by atoms with Gasteiger partial charge in [0.2, 0.25) is 6.17 Å². The van der Waals surface area contributed by atoms with Crippen molar-refractivity contribution in [3.8, 4) is 0 Å². The Morgan fingerprint density at radius 2 is 2.50 bits per heavy atom. The lowest BCUT2D eigenvalue weighted by atomic mass is 10.2. The molecule has 14 heavy (non-hydrogen) atoms. The zero-order chi connectivity index (χ0) is 10.6. The summed E-state index contributed by atoms with van der Waals surface area (Å²) in [6.45, 7) is 1.69. The summed E-state index contributed by atoms with van der Waals surface area (Å²) < 4.78 is 17.7. The van der Waals surface area contributed by atoms with Crippen LogP contribution in [0.5, 0.6) is 0 Å². The van der Waals surface area contributed by atoms with Crippen molar-refractivity contribution in [1.29, 1.82) is 0 Å². The number of ether oxygens (including phenoxy) is 1. The maximum absolute atomic E-state index is 13.2. The van der Waals surface area contributed by atoms with Gasteiger partial charge in [0.15, 0.2) is 0 Å². The van der Waals surface area contributed by atoms with E-state index in [9.17, 15) is 14.3 Å². The third-order valence-electron chi connectivity index (χ3n) is 1.62. The molecule has 5 heteroatoms. The van der Waals surface area contributed by atoms with Crippen LogP contribution < -0.4 is 0 Å². The summed E-state index contributed by atoms with van der Waals surface area (Å²) in [5, 5.41) is 11.1. The first-order valence-electron chi connectivity index (χ1n) is 4.19. The monoisotopic (exact) mass is 218 g/mol. The molecule has 0 saturated heterocycles. The fourth-order valence-electron chi connectivity index (χ4n) is 0.955. The third kappa shape index (κ3) is 2.52. The lowest BCUT2D eigenvalue weighted by Crippen LogP contribution is -2.25. The second kappa shape index (κ2) is 5.07. The number of carbonyl (C=O) groups excluding carboxylic acids is 1. The molecule has 2 unspecified atom stereocenters. The normalized spacial score (nSPS) is 14.8. The largest absolute Gasteiger partial charge is 0.464 e. The zero-order valence-electron chi connectivity index (χ0n) is 7.64. The molecule has 0 amide bonds. The van der Waals surface area contributed by atoms with Gasteiger partial charge >= 0.3 is 5.97 Å². The predicted molar refractivity (Wildman–Crippen MR) is 50.8 cm³/mol. The smallest absolute Gasteiger partial charge is 0.343 e. The van der Waals surface area contributed by atoms with E-state index in [2.05, 4.69) is 4.74 Å².